The molecule has 0 aliphatic carbocycles. The molecular formula is C15H14N2OS. The zero-order valence-electron chi connectivity index (χ0n) is 10.2. The van der Waals surface area contributed by atoms with Crippen LogP contribution >= 0.6 is 0 Å². The predicted octanol–water partition coefficient (Wildman–Crippen LogP) is 2.76. The third-order valence-corrected chi connectivity index (χ3v) is 4.49. The van der Waals surface area contributed by atoms with E-state index in [9.17, 15) is 4.21 Å². The summed E-state index contributed by atoms with van der Waals surface area (Å²) in [6.45, 7) is 0. The molecule has 0 radical (unpaired) electrons. The van der Waals surface area contributed by atoms with E-state index in [0.717, 1.165) is 16.1 Å². The van der Waals surface area contributed by atoms with E-state index in [-0.39, 0.29) is 5.37 Å². The van der Waals surface area contributed by atoms with Crippen molar-refractivity contribution >= 4 is 22.6 Å². The summed E-state index contributed by atoms with van der Waals surface area (Å²) < 4.78 is 12.4. The van der Waals surface area contributed by atoms with Gasteiger partial charge in [-0.1, -0.05) is 48.6 Å². The number of rotatable bonds is 3. The van der Waals surface area contributed by atoms with E-state index in [1.54, 1.807) is 0 Å². The highest BCUT2D eigenvalue weighted by Gasteiger charge is 2.21. The smallest absolute Gasteiger partial charge is 0.124 e. The highest BCUT2D eigenvalue weighted by atomic mass is 32.2. The van der Waals surface area contributed by atoms with Crippen molar-refractivity contribution in [3.63, 3.8) is 0 Å². The van der Waals surface area contributed by atoms with Crippen molar-refractivity contribution in [3.8, 4) is 0 Å². The summed E-state index contributed by atoms with van der Waals surface area (Å²) in [6, 6.07) is 17.5. The molecule has 4 heteroatoms. The lowest BCUT2D eigenvalue weighted by Gasteiger charge is -2.21. The van der Waals surface area contributed by atoms with Gasteiger partial charge in [-0.2, -0.15) is 0 Å². The first-order valence-electron chi connectivity index (χ1n) is 6.09. The Hall–Kier alpha value is -1.91. The molecule has 2 N–H and O–H groups in total. The molecule has 19 heavy (non-hydrogen) atoms. The summed E-state index contributed by atoms with van der Waals surface area (Å²) in [4.78, 5) is 0.873. The van der Waals surface area contributed by atoms with Crippen LogP contribution in [0.15, 0.2) is 65.6 Å². The van der Waals surface area contributed by atoms with Crippen LogP contribution in [0.25, 0.3) is 6.08 Å². The molecule has 1 aliphatic rings. The minimum Gasteiger partial charge on any atom is -0.320 e. The number of hydrogen-bond donors (Lipinski definition) is 2. The maximum absolute atomic E-state index is 12.4. The molecule has 0 fully saturated rings. The Morgan fingerprint density at radius 3 is 2.53 bits per heavy atom. The first kappa shape index (κ1) is 12.1. The second-order valence-electron chi connectivity index (χ2n) is 4.25. The average molecular weight is 270 g/mol. The van der Waals surface area contributed by atoms with Crippen molar-refractivity contribution in [1.29, 1.82) is 0 Å². The van der Waals surface area contributed by atoms with Crippen LogP contribution in [-0.2, 0) is 10.8 Å². The molecule has 0 saturated heterocycles. The molecule has 2 aromatic rings. The molecule has 0 saturated carbocycles. The number of fused-ring (bicyclic) bond motifs is 1. The molecule has 0 aromatic heterocycles. The lowest BCUT2D eigenvalue weighted by Crippen LogP contribution is -2.37. The third kappa shape index (κ3) is 2.59. The fourth-order valence-electron chi connectivity index (χ4n) is 1.98. The maximum Gasteiger partial charge on any atom is 0.124 e. The summed E-state index contributed by atoms with van der Waals surface area (Å²) in [5, 5.41) is -0.227. The predicted molar refractivity (Wildman–Crippen MR) is 78.9 cm³/mol. The van der Waals surface area contributed by atoms with E-state index in [1.807, 2.05) is 66.7 Å². The van der Waals surface area contributed by atoms with E-state index >= 15 is 0 Å². The first-order valence-corrected chi connectivity index (χ1v) is 7.30. The number of hydrazine groups is 1. The summed E-state index contributed by atoms with van der Waals surface area (Å²) in [7, 11) is -1.09. The maximum atomic E-state index is 12.4. The highest BCUT2D eigenvalue weighted by Crippen LogP contribution is 2.23. The van der Waals surface area contributed by atoms with Crippen LogP contribution in [0.3, 0.4) is 0 Å². The molecule has 0 spiro atoms. The number of hydrogen-bond acceptors (Lipinski definition) is 3. The van der Waals surface area contributed by atoms with Crippen LogP contribution in [0.2, 0.25) is 0 Å². The normalized spacial score (nSPS) is 20.8. The molecule has 2 unspecified atom stereocenters. The average Bonchev–Trinajstić information content (AvgIpc) is 2.48. The van der Waals surface area contributed by atoms with Gasteiger partial charge in [-0.3, -0.25) is 4.21 Å². The van der Waals surface area contributed by atoms with Crippen LogP contribution in [0.4, 0.5) is 5.69 Å². The van der Waals surface area contributed by atoms with Crippen LogP contribution < -0.4 is 10.9 Å². The Morgan fingerprint density at radius 2 is 1.68 bits per heavy atom. The van der Waals surface area contributed by atoms with Gasteiger partial charge in [-0.25, -0.2) is 5.43 Å². The monoisotopic (exact) mass is 270 g/mol. The Balaban J connectivity index is 1.73. The van der Waals surface area contributed by atoms with Crippen molar-refractivity contribution < 1.29 is 4.21 Å². The van der Waals surface area contributed by atoms with Crippen molar-refractivity contribution in [2.45, 2.75) is 10.3 Å². The van der Waals surface area contributed by atoms with Crippen molar-refractivity contribution in [2.75, 3.05) is 5.43 Å². The number of nitrogens with one attached hydrogen (secondary N) is 2. The second-order valence-corrected chi connectivity index (χ2v) is 5.79. The zero-order chi connectivity index (χ0) is 13.1. The Bertz CT molecular complexity index is 625. The molecule has 3 rings (SSSR count). The molecule has 96 valence electrons. The SMILES string of the molecule is O=S1c2ccccc2C=CC1NNc1ccccc1. The highest BCUT2D eigenvalue weighted by molar-refractivity contribution is 7.86. The van der Waals surface area contributed by atoms with Crippen LogP contribution in [0.1, 0.15) is 5.56 Å². The van der Waals surface area contributed by atoms with E-state index in [4.69, 9.17) is 0 Å². The van der Waals surface area contributed by atoms with E-state index in [1.165, 1.54) is 0 Å². The number of benzene rings is 2. The van der Waals surface area contributed by atoms with Gasteiger partial charge >= 0.3 is 0 Å². The summed E-state index contributed by atoms with van der Waals surface area (Å²) in [5.74, 6) is 0. The Kier molecular flexibility index (Phi) is 3.44. The fourth-order valence-corrected chi connectivity index (χ4v) is 3.22. The van der Waals surface area contributed by atoms with Gasteiger partial charge < -0.3 is 5.43 Å². The molecule has 1 heterocycles. The standard InChI is InChI=1S/C15H14N2OS/c18-19-14-9-5-4-6-12(14)10-11-15(19)17-16-13-7-2-1-3-8-13/h1-11,15-17H. The fraction of sp³-hybridized carbons (Fsp3) is 0.0667. The number of anilines is 1. The lowest BCUT2D eigenvalue weighted by molar-refractivity contribution is 0.667. The van der Waals surface area contributed by atoms with Gasteiger partial charge in [0, 0.05) is 10.6 Å². The minimum atomic E-state index is -1.09. The topological polar surface area (TPSA) is 41.1 Å². The largest absolute Gasteiger partial charge is 0.320 e. The summed E-state index contributed by atoms with van der Waals surface area (Å²) >= 11 is 0. The summed E-state index contributed by atoms with van der Waals surface area (Å²) in [6.07, 6.45) is 3.93. The second kappa shape index (κ2) is 5.38. The van der Waals surface area contributed by atoms with Crippen LogP contribution in [0, 0.1) is 0 Å². The first-order chi connectivity index (χ1) is 9.34. The van der Waals surface area contributed by atoms with Gasteiger partial charge in [0.1, 0.15) is 5.37 Å². The molecule has 2 aromatic carbocycles. The van der Waals surface area contributed by atoms with E-state index in [0.29, 0.717) is 0 Å². The van der Waals surface area contributed by atoms with Gasteiger partial charge in [0.05, 0.1) is 10.8 Å². The van der Waals surface area contributed by atoms with Gasteiger partial charge in [0.15, 0.2) is 0 Å². The molecular weight excluding hydrogens is 256 g/mol. The molecule has 0 amide bonds. The summed E-state index contributed by atoms with van der Waals surface area (Å²) in [5.41, 5.74) is 8.15. The van der Waals surface area contributed by atoms with Crippen molar-refractivity contribution in [3.05, 3.63) is 66.2 Å². The molecule has 3 nitrogen and oxygen atoms in total. The molecule has 1 aliphatic heterocycles. The number of para-hydroxylation sites is 1. The van der Waals surface area contributed by atoms with Crippen LogP contribution in [-0.4, -0.2) is 9.58 Å². The van der Waals surface area contributed by atoms with E-state index in [2.05, 4.69) is 10.9 Å². The Morgan fingerprint density at radius 1 is 0.947 bits per heavy atom. The molecule has 2 atom stereocenters. The third-order valence-electron chi connectivity index (χ3n) is 2.95. The Labute approximate surface area is 114 Å². The zero-order valence-corrected chi connectivity index (χ0v) is 11.1. The van der Waals surface area contributed by atoms with Gasteiger partial charge in [0.2, 0.25) is 0 Å². The molecule has 0 bridgehead atoms. The minimum absolute atomic E-state index is 0.227. The van der Waals surface area contributed by atoms with Gasteiger partial charge in [-0.05, 0) is 23.8 Å². The lowest BCUT2D eigenvalue weighted by atomic mass is 10.2. The van der Waals surface area contributed by atoms with Gasteiger partial charge in [-0.15, -0.1) is 0 Å². The van der Waals surface area contributed by atoms with E-state index < -0.39 is 10.8 Å². The van der Waals surface area contributed by atoms with Crippen molar-refractivity contribution in [2.24, 2.45) is 0 Å². The quantitative estimate of drug-likeness (QED) is 0.843. The van der Waals surface area contributed by atoms with Gasteiger partial charge in [0.25, 0.3) is 0 Å². The van der Waals surface area contributed by atoms with Crippen molar-refractivity contribution in [1.82, 2.24) is 5.43 Å². The van der Waals surface area contributed by atoms with Crippen LogP contribution in [0.5, 0.6) is 0 Å².